The standard InChI is InChI=1S/C28H25FN4O3/c1-17-26(18(2)33(31-17)15-21-11-8-10-20-9-4-5-12-22(20)21)30-28(34)27-23(19(3)36-32-27)16-35-25-14-7-6-13-24(25)29/h4-14H,15-16H2,1-3H3,(H,30,34). The van der Waals surface area contributed by atoms with Gasteiger partial charge in [0.2, 0.25) is 0 Å². The summed E-state index contributed by atoms with van der Waals surface area (Å²) in [5.74, 6) is -0.417. The van der Waals surface area contributed by atoms with Crippen LogP contribution in [-0.2, 0) is 13.2 Å². The molecular weight excluding hydrogens is 459 g/mol. The number of hydrogen-bond acceptors (Lipinski definition) is 5. The highest BCUT2D eigenvalue weighted by molar-refractivity contribution is 6.04. The lowest BCUT2D eigenvalue weighted by molar-refractivity contribution is 0.101. The maximum atomic E-state index is 13.9. The molecule has 0 aliphatic rings. The molecule has 8 heteroatoms. The number of nitrogens with zero attached hydrogens (tertiary/aromatic N) is 3. The Morgan fingerprint density at radius 2 is 1.78 bits per heavy atom. The second-order valence-corrected chi connectivity index (χ2v) is 8.58. The van der Waals surface area contributed by atoms with E-state index in [1.54, 1.807) is 19.1 Å². The Morgan fingerprint density at radius 1 is 1.03 bits per heavy atom. The number of nitrogens with one attached hydrogen (secondary N) is 1. The van der Waals surface area contributed by atoms with Crippen LogP contribution in [0.3, 0.4) is 0 Å². The van der Waals surface area contributed by atoms with Crippen molar-refractivity contribution in [3.8, 4) is 5.75 Å². The number of fused-ring (bicyclic) bond motifs is 1. The Balaban J connectivity index is 1.36. The van der Waals surface area contributed by atoms with Crippen LogP contribution in [0.5, 0.6) is 5.75 Å². The highest BCUT2D eigenvalue weighted by atomic mass is 19.1. The van der Waals surface area contributed by atoms with E-state index in [4.69, 9.17) is 9.26 Å². The zero-order valence-electron chi connectivity index (χ0n) is 20.2. The monoisotopic (exact) mass is 484 g/mol. The molecule has 2 heterocycles. The third-order valence-corrected chi connectivity index (χ3v) is 6.23. The van der Waals surface area contributed by atoms with Crippen LogP contribution in [0.15, 0.2) is 71.3 Å². The van der Waals surface area contributed by atoms with E-state index in [0.717, 1.165) is 22.0 Å². The number of aromatic nitrogens is 3. The van der Waals surface area contributed by atoms with Gasteiger partial charge in [-0.05, 0) is 49.2 Å². The van der Waals surface area contributed by atoms with Gasteiger partial charge in [0.1, 0.15) is 12.4 Å². The van der Waals surface area contributed by atoms with E-state index in [0.29, 0.717) is 29.2 Å². The number of ether oxygens (including phenoxy) is 1. The summed E-state index contributed by atoms with van der Waals surface area (Å²) in [6.07, 6.45) is 0. The van der Waals surface area contributed by atoms with Crippen molar-refractivity contribution in [1.29, 1.82) is 0 Å². The number of amides is 1. The summed E-state index contributed by atoms with van der Waals surface area (Å²) < 4.78 is 26.7. The lowest BCUT2D eigenvalue weighted by Gasteiger charge is -2.10. The summed E-state index contributed by atoms with van der Waals surface area (Å²) in [4.78, 5) is 13.2. The average molecular weight is 485 g/mol. The molecule has 3 aromatic carbocycles. The molecule has 0 saturated heterocycles. The Hall–Kier alpha value is -4.46. The summed E-state index contributed by atoms with van der Waals surface area (Å²) in [7, 11) is 0. The molecule has 182 valence electrons. The summed E-state index contributed by atoms with van der Waals surface area (Å²) in [6, 6.07) is 20.5. The van der Waals surface area contributed by atoms with E-state index in [2.05, 4.69) is 39.8 Å². The molecule has 7 nitrogen and oxygen atoms in total. The van der Waals surface area contributed by atoms with Gasteiger partial charge in [-0.25, -0.2) is 4.39 Å². The van der Waals surface area contributed by atoms with Gasteiger partial charge in [-0.15, -0.1) is 0 Å². The number of aryl methyl sites for hydroxylation is 2. The third kappa shape index (κ3) is 4.45. The van der Waals surface area contributed by atoms with Crippen LogP contribution in [0, 0.1) is 26.6 Å². The zero-order valence-corrected chi connectivity index (χ0v) is 20.2. The smallest absolute Gasteiger partial charge is 0.278 e. The summed E-state index contributed by atoms with van der Waals surface area (Å²) in [5.41, 5.74) is 3.79. The van der Waals surface area contributed by atoms with E-state index in [-0.39, 0.29) is 18.1 Å². The molecule has 0 atom stereocenters. The van der Waals surface area contributed by atoms with Crippen LogP contribution in [0.4, 0.5) is 10.1 Å². The first-order valence-electron chi connectivity index (χ1n) is 11.6. The Morgan fingerprint density at radius 3 is 2.61 bits per heavy atom. The number of benzene rings is 3. The van der Waals surface area contributed by atoms with Crippen molar-refractivity contribution in [2.24, 2.45) is 0 Å². The summed E-state index contributed by atoms with van der Waals surface area (Å²) >= 11 is 0. The average Bonchev–Trinajstić information content (AvgIpc) is 3.37. The lowest BCUT2D eigenvalue weighted by Crippen LogP contribution is -2.16. The van der Waals surface area contributed by atoms with Crippen molar-refractivity contribution in [3.63, 3.8) is 0 Å². The second-order valence-electron chi connectivity index (χ2n) is 8.58. The molecule has 0 fully saturated rings. The van der Waals surface area contributed by atoms with Crippen LogP contribution in [0.25, 0.3) is 10.8 Å². The maximum Gasteiger partial charge on any atom is 0.278 e. The molecule has 0 unspecified atom stereocenters. The number of rotatable bonds is 7. The summed E-state index contributed by atoms with van der Waals surface area (Å²) in [5, 5.41) is 13.8. The SMILES string of the molecule is Cc1nn(Cc2cccc3ccccc23)c(C)c1NC(=O)c1noc(C)c1COc1ccccc1F. The molecule has 0 bridgehead atoms. The minimum Gasteiger partial charge on any atom is -0.486 e. The maximum absolute atomic E-state index is 13.9. The number of halogens is 1. The molecular formula is C28H25FN4O3. The van der Waals surface area contributed by atoms with Gasteiger partial charge in [0.25, 0.3) is 5.91 Å². The fourth-order valence-corrected chi connectivity index (χ4v) is 4.25. The van der Waals surface area contributed by atoms with E-state index in [1.807, 2.05) is 36.7 Å². The fourth-order valence-electron chi connectivity index (χ4n) is 4.25. The fraction of sp³-hybridized carbons (Fsp3) is 0.179. The largest absolute Gasteiger partial charge is 0.486 e. The van der Waals surface area contributed by atoms with Gasteiger partial charge in [-0.1, -0.05) is 59.8 Å². The number of carbonyl (C=O) groups excluding carboxylic acids is 1. The van der Waals surface area contributed by atoms with Crippen molar-refractivity contribution >= 4 is 22.4 Å². The first-order valence-corrected chi connectivity index (χ1v) is 11.6. The van der Waals surface area contributed by atoms with E-state index in [1.165, 1.54) is 12.1 Å². The minimum atomic E-state index is -0.484. The van der Waals surface area contributed by atoms with Crippen LogP contribution in [0.2, 0.25) is 0 Å². The van der Waals surface area contributed by atoms with Gasteiger partial charge in [0, 0.05) is 0 Å². The molecule has 5 rings (SSSR count). The predicted octanol–water partition coefficient (Wildman–Crippen LogP) is 5.97. The van der Waals surface area contributed by atoms with Crippen molar-refractivity contribution in [3.05, 3.63) is 107 Å². The molecule has 36 heavy (non-hydrogen) atoms. The van der Waals surface area contributed by atoms with Crippen LogP contribution in [-0.4, -0.2) is 20.8 Å². The molecule has 2 aromatic heterocycles. The quantitative estimate of drug-likeness (QED) is 0.308. The Kier molecular flexibility index (Phi) is 6.25. The van der Waals surface area contributed by atoms with Crippen LogP contribution >= 0.6 is 0 Å². The topological polar surface area (TPSA) is 82.2 Å². The number of carbonyl (C=O) groups is 1. The molecule has 0 spiro atoms. The normalized spacial score (nSPS) is 11.1. The van der Waals surface area contributed by atoms with Crippen LogP contribution in [0.1, 0.15) is 38.8 Å². The van der Waals surface area contributed by atoms with E-state index < -0.39 is 11.7 Å². The molecule has 5 aromatic rings. The molecule has 0 aliphatic carbocycles. The van der Waals surface area contributed by atoms with Crippen molar-refractivity contribution in [2.45, 2.75) is 33.9 Å². The second kappa shape index (κ2) is 9.65. The number of hydrogen-bond donors (Lipinski definition) is 1. The first-order chi connectivity index (χ1) is 17.4. The van der Waals surface area contributed by atoms with E-state index >= 15 is 0 Å². The molecule has 0 radical (unpaired) electrons. The molecule has 0 aliphatic heterocycles. The van der Waals surface area contributed by atoms with Gasteiger partial charge < -0.3 is 14.6 Å². The highest BCUT2D eigenvalue weighted by Gasteiger charge is 2.23. The highest BCUT2D eigenvalue weighted by Crippen LogP contribution is 2.26. The van der Waals surface area contributed by atoms with Gasteiger partial charge in [-0.3, -0.25) is 9.48 Å². The van der Waals surface area contributed by atoms with Gasteiger partial charge in [-0.2, -0.15) is 5.10 Å². The van der Waals surface area contributed by atoms with Crippen LogP contribution < -0.4 is 10.1 Å². The molecule has 1 N–H and O–H groups in total. The molecule has 0 saturated carbocycles. The molecule has 1 amide bonds. The van der Waals surface area contributed by atoms with Crippen molar-refractivity contribution in [2.75, 3.05) is 5.32 Å². The Bertz CT molecular complexity index is 1570. The lowest BCUT2D eigenvalue weighted by atomic mass is 10.0. The predicted molar refractivity (Wildman–Crippen MR) is 135 cm³/mol. The third-order valence-electron chi connectivity index (χ3n) is 6.23. The number of para-hydroxylation sites is 1. The minimum absolute atomic E-state index is 0.0582. The van der Waals surface area contributed by atoms with Gasteiger partial charge in [0.15, 0.2) is 17.3 Å². The zero-order chi connectivity index (χ0) is 25.2. The van der Waals surface area contributed by atoms with Gasteiger partial charge >= 0.3 is 0 Å². The van der Waals surface area contributed by atoms with E-state index in [9.17, 15) is 9.18 Å². The number of anilines is 1. The van der Waals surface area contributed by atoms with Crippen molar-refractivity contribution < 1.29 is 18.4 Å². The first kappa shape index (κ1) is 23.3. The Labute approximate surface area is 207 Å². The van der Waals surface area contributed by atoms with Crippen molar-refractivity contribution in [1.82, 2.24) is 14.9 Å². The summed E-state index contributed by atoms with van der Waals surface area (Å²) in [6.45, 7) is 5.95. The van der Waals surface area contributed by atoms with Gasteiger partial charge in [0.05, 0.1) is 29.2 Å².